The molecule has 1 aliphatic rings. The van der Waals surface area contributed by atoms with Gasteiger partial charge >= 0.3 is 0 Å². The second-order valence-electron chi connectivity index (χ2n) is 5.09. The van der Waals surface area contributed by atoms with Crippen LogP contribution < -0.4 is 10.6 Å². The molecule has 2 heterocycles. The summed E-state index contributed by atoms with van der Waals surface area (Å²) >= 11 is 0. The maximum absolute atomic E-state index is 12.2. The normalized spacial score (nSPS) is 16.0. The van der Waals surface area contributed by atoms with E-state index >= 15 is 0 Å². The van der Waals surface area contributed by atoms with Crippen molar-refractivity contribution in [2.24, 2.45) is 0 Å². The number of carbonyl (C=O) groups excluding carboxylic acids is 1. The van der Waals surface area contributed by atoms with Gasteiger partial charge in [0.2, 0.25) is 11.9 Å². The predicted molar refractivity (Wildman–Crippen MR) is 79.7 cm³/mol. The van der Waals surface area contributed by atoms with E-state index in [1.54, 1.807) is 12.3 Å². The van der Waals surface area contributed by atoms with Gasteiger partial charge in [0.05, 0.1) is 0 Å². The van der Waals surface area contributed by atoms with E-state index in [1.165, 1.54) is 0 Å². The lowest BCUT2D eigenvalue weighted by Crippen LogP contribution is -2.39. The van der Waals surface area contributed by atoms with E-state index in [4.69, 9.17) is 0 Å². The second kappa shape index (κ2) is 7.07. The lowest BCUT2D eigenvalue weighted by atomic mass is 10.3. The first kappa shape index (κ1) is 14.6. The molecule has 1 aromatic rings. The van der Waals surface area contributed by atoms with Gasteiger partial charge in [0.15, 0.2) is 0 Å². The van der Waals surface area contributed by atoms with Gasteiger partial charge < -0.3 is 15.5 Å². The molecular weight excluding hydrogens is 254 g/mol. The zero-order valence-corrected chi connectivity index (χ0v) is 12.2. The van der Waals surface area contributed by atoms with Crippen molar-refractivity contribution < 1.29 is 4.79 Å². The van der Waals surface area contributed by atoms with Gasteiger partial charge in [-0.1, -0.05) is 6.92 Å². The SMILES string of the molecule is CCCNc1nccc(NC(C)C(=O)N2CCCC2)n1. The minimum atomic E-state index is -0.262. The van der Waals surface area contributed by atoms with Gasteiger partial charge in [-0.25, -0.2) is 4.98 Å². The smallest absolute Gasteiger partial charge is 0.244 e. The molecule has 1 aliphatic heterocycles. The molecule has 0 aromatic carbocycles. The Morgan fingerprint density at radius 2 is 2.20 bits per heavy atom. The number of hydrogen-bond acceptors (Lipinski definition) is 5. The summed E-state index contributed by atoms with van der Waals surface area (Å²) in [6.45, 7) is 6.55. The highest BCUT2D eigenvalue weighted by molar-refractivity contribution is 5.84. The molecule has 1 aromatic heterocycles. The quantitative estimate of drug-likeness (QED) is 0.828. The Hall–Kier alpha value is -1.85. The van der Waals surface area contributed by atoms with Gasteiger partial charge in [-0.2, -0.15) is 4.98 Å². The summed E-state index contributed by atoms with van der Waals surface area (Å²) in [5, 5.41) is 6.29. The molecule has 2 rings (SSSR count). The van der Waals surface area contributed by atoms with Crippen LogP contribution in [0.15, 0.2) is 12.3 Å². The summed E-state index contributed by atoms with van der Waals surface area (Å²) in [7, 11) is 0. The van der Waals surface area contributed by atoms with Crippen molar-refractivity contribution in [3.8, 4) is 0 Å². The Bertz CT molecular complexity index is 445. The fraction of sp³-hybridized carbons (Fsp3) is 0.643. The summed E-state index contributed by atoms with van der Waals surface area (Å²) < 4.78 is 0. The number of nitrogens with zero attached hydrogens (tertiary/aromatic N) is 3. The van der Waals surface area contributed by atoms with Crippen LogP contribution in [-0.2, 0) is 4.79 Å². The molecule has 0 spiro atoms. The third-order valence-corrected chi connectivity index (χ3v) is 3.34. The van der Waals surface area contributed by atoms with Crippen molar-refractivity contribution in [2.75, 3.05) is 30.3 Å². The Morgan fingerprint density at radius 3 is 2.90 bits per heavy atom. The van der Waals surface area contributed by atoms with E-state index in [0.29, 0.717) is 11.8 Å². The highest BCUT2D eigenvalue weighted by Gasteiger charge is 2.23. The molecule has 1 unspecified atom stereocenters. The van der Waals surface area contributed by atoms with Crippen molar-refractivity contribution >= 4 is 17.7 Å². The topological polar surface area (TPSA) is 70.2 Å². The van der Waals surface area contributed by atoms with E-state index in [1.807, 2.05) is 11.8 Å². The Balaban J connectivity index is 1.92. The highest BCUT2D eigenvalue weighted by atomic mass is 16.2. The molecule has 2 N–H and O–H groups in total. The molecule has 6 heteroatoms. The summed E-state index contributed by atoms with van der Waals surface area (Å²) in [6.07, 6.45) is 4.93. The first-order chi connectivity index (χ1) is 9.70. The van der Waals surface area contributed by atoms with Gasteiger partial charge in [0.1, 0.15) is 11.9 Å². The fourth-order valence-electron chi connectivity index (χ4n) is 2.26. The number of aromatic nitrogens is 2. The number of hydrogen-bond donors (Lipinski definition) is 2. The standard InChI is InChI=1S/C14H23N5O/c1-3-7-15-14-16-8-6-12(18-14)17-11(2)13(20)19-9-4-5-10-19/h6,8,11H,3-5,7,9-10H2,1-2H3,(H2,15,16,17,18). The van der Waals surface area contributed by atoms with Crippen molar-refractivity contribution in [3.05, 3.63) is 12.3 Å². The van der Waals surface area contributed by atoms with Crippen LogP contribution in [0.3, 0.4) is 0 Å². The first-order valence-electron chi connectivity index (χ1n) is 7.33. The molecule has 0 bridgehead atoms. The fourth-order valence-corrected chi connectivity index (χ4v) is 2.26. The van der Waals surface area contributed by atoms with Crippen LogP contribution in [0.5, 0.6) is 0 Å². The molecule has 110 valence electrons. The second-order valence-corrected chi connectivity index (χ2v) is 5.09. The molecular formula is C14H23N5O. The van der Waals surface area contributed by atoms with Crippen molar-refractivity contribution in [2.45, 2.75) is 39.2 Å². The van der Waals surface area contributed by atoms with E-state index in [9.17, 15) is 4.79 Å². The van der Waals surface area contributed by atoms with Crippen molar-refractivity contribution in [1.29, 1.82) is 0 Å². The predicted octanol–water partition coefficient (Wildman–Crippen LogP) is 1.72. The summed E-state index contributed by atoms with van der Waals surface area (Å²) in [5.41, 5.74) is 0. The Labute approximate surface area is 120 Å². The molecule has 0 radical (unpaired) electrons. The van der Waals surface area contributed by atoms with E-state index in [-0.39, 0.29) is 11.9 Å². The van der Waals surface area contributed by atoms with Crippen molar-refractivity contribution in [3.63, 3.8) is 0 Å². The van der Waals surface area contributed by atoms with Crippen LogP contribution >= 0.6 is 0 Å². The molecule has 1 fully saturated rings. The summed E-state index contributed by atoms with van der Waals surface area (Å²) in [4.78, 5) is 22.6. The maximum atomic E-state index is 12.2. The van der Waals surface area contributed by atoms with Crippen LogP contribution in [0.25, 0.3) is 0 Å². The number of anilines is 2. The number of carbonyl (C=O) groups is 1. The highest BCUT2D eigenvalue weighted by Crippen LogP contribution is 2.12. The van der Waals surface area contributed by atoms with Crippen LogP contribution in [0.2, 0.25) is 0 Å². The molecule has 1 amide bonds. The van der Waals surface area contributed by atoms with Crippen LogP contribution in [-0.4, -0.2) is 46.5 Å². The molecule has 0 saturated carbocycles. The average molecular weight is 277 g/mol. The van der Waals surface area contributed by atoms with Crippen LogP contribution in [0, 0.1) is 0 Å². The molecule has 1 saturated heterocycles. The van der Waals surface area contributed by atoms with Crippen LogP contribution in [0.4, 0.5) is 11.8 Å². The van der Waals surface area contributed by atoms with Crippen LogP contribution in [0.1, 0.15) is 33.1 Å². The molecule has 20 heavy (non-hydrogen) atoms. The average Bonchev–Trinajstić information content (AvgIpc) is 2.98. The largest absolute Gasteiger partial charge is 0.358 e. The third kappa shape index (κ3) is 3.82. The third-order valence-electron chi connectivity index (χ3n) is 3.34. The van der Waals surface area contributed by atoms with Gasteiger partial charge in [-0.15, -0.1) is 0 Å². The molecule has 0 aliphatic carbocycles. The summed E-state index contributed by atoms with van der Waals surface area (Å²) in [5.74, 6) is 1.42. The Kier molecular flexibility index (Phi) is 5.15. The summed E-state index contributed by atoms with van der Waals surface area (Å²) in [6, 6.07) is 1.52. The minimum Gasteiger partial charge on any atom is -0.358 e. The molecule has 1 atom stereocenters. The number of rotatable bonds is 6. The zero-order chi connectivity index (χ0) is 14.4. The lowest BCUT2D eigenvalue weighted by Gasteiger charge is -2.21. The number of nitrogens with one attached hydrogen (secondary N) is 2. The van der Waals surface area contributed by atoms with Gasteiger partial charge in [0.25, 0.3) is 0 Å². The van der Waals surface area contributed by atoms with E-state index in [2.05, 4.69) is 27.5 Å². The van der Waals surface area contributed by atoms with Gasteiger partial charge in [-0.3, -0.25) is 4.79 Å². The maximum Gasteiger partial charge on any atom is 0.244 e. The van der Waals surface area contributed by atoms with Gasteiger partial charge in [0, 0.05) is 25.8 Å². The Morgan fingerprint density at radius 1 is 1.45 bits per heavy atom. The molecule has 6 nitrogen and oxygen atoms in total. The lowest BCUT2D eigenvalue weighted by molar-refractivity contribution is -0.130. The number of amides is 1. The van der Waals surface area contributed by atoms with Gasteiger partial charge in [-0.05, 0) is 32.3 Å². The first-order valence-corrected chi connectivity index (χ1v) is 7.33. The monoisotopic (exact) mass is 277 g/mol. The van der Waals surface area contributed by atoms with E-state index < -0.39 is 0 Å². The minimum absolute atomic E-state index is 0.143. The number of likely N-dealkylation sites (tertiary alicyclic amines) is 1. The van der Waals surface area contributed by atoms with E-state index in [0.717, 1.165) is 38.9 Å². The van der Waals surface area contributed by atoms with Crippen molar-refractivity contribution in [1.82, 2.24) is 14.9 Å². The zero-order valence-electron chi connectivity index (χ0n) is 12.2.